The van der Waals surface area contributed by atoms with E-state index < -0.39 is 0 Å². The molecule has 2 N–H and O–H groups in total. The summed E-state index contributed by atoms with van der Waals surface area (Å²) in [4.78, 5) is 25.7. The molecule has 2 amide bonds. The Balaban J connectivity index is 1.63. The van der Waals surface area contributed by atoms with Crippen LogP contribution in [0.2, 0.25) is 0 Å². The van der Waals surface area contributed by atoms with Crippen molar-refractivity contribution in [3.8, 4) is 5.75 Å². The molecule has 1 aromatic heterocycles. The van der Waals surface area contributed by atoms with Crippen LogP contribution in [0.25, 0.3) is 0 Å². The minimum atomic E-state index is -0.285. The van der Waals surface area contributed by atoms with Gasteiger partial charge in [-0.25, -0.2) is 0 Å². The standard InChI is InChI=1S/C19H23N3O4/c1-12-17(13(2)26-21-12)11-25-16-5-3-4-15(10-16)19(24)22-8-6-14(7-9-22)18(20)23/h3-5,10,14H,6-9,11H2,1-2H3,(H2,20,23). The van der Waals surface area contributed by atoms with E-state index in [1.165, 1.54) is 0 Å². The van der Waals surface area contributed by atoms with Gasteiger partial charge >= 0.3 is 0 Å². The molecule has 7 nitrogen and oxygen atoms in total. The first-order valence-electron chi connectivity index (χ1n) is 8.69. The van der Waals surface area contributed by atoms with Crippen LogP contribution in [0.5, 0.6) is 5.75 Å². The van der Waals surface area contributed by atoms with Gasteiger partial charge in [0.2, 0.25) is 5.91 Å². The second-order valence-electron chi connectivity index (χ2n) is 6.59. The number of piperidine rings is 1. The van der Waals surface area contributed by atoms with E-state index in [4.69, 9.17) is 15.0 Å². The summed E-state index contributed by atoms with van der Waals surface area (Å²) in [6.45, 7) is 5.12. The molecule has 2 aromatic rings. The van der Waals surface area contributed by atoms with Crippen LogP contribution in [0.4, 0.5) is 0 Å². The molecule has 0 aliphatic carbocycles. The molecule has 138 valence electrons. The Labute approximate surface area is 152 Å². The molecule has 0 atom stereocenters. The number of benzene rings is 1. The van der Waals surface area contributed by atoms with E-state index in [1.54, 1.807) is 23.1 Å². The van der Waals surface area contributed by atoms with Crippen LogP contribution in [-0.2, 0) is 11.4 Å². The summed E-state index contributed by atoms with van der Waals surface area (Å²) in [6, 6.07) is 7.12. The molecule has 0 unspecified atom stereocenters. The molecule has 1 aromatic carbocycles. The number of hydrogen-bond donors (Lipinski definition) is 1. The van der Waals surface area contributed by atoms with Crippen molar-refractivity contribution in [1.29, 1.82) is 0 Å². The monoisotopic (exact) mass is 357 g/mol. The van der Waals surface area contributed by atoms with E-state index in [0.717, 1.165) is 17.0 Å². The lowest BCUT2D eigenvalue weighted by Crippen LogP contribution is -2.41. The average molecular weight is 357 g/mol. The summed E-state index contributed by atoms with van der Waals surface area (Å²) >= 11 is 0. The third-order valence-corrected chi connectivity index (χ3v) is 4.83. The average Bonchev–Trinajstić information content (AvgIpc) is 2.97. The molecule has 0 bridgehead atoms. The van der Waals surface area contributed by atoms with Gasteiger partial charge in [0.1, 0.15) is 18.1 Å². The predicted molar refractivity (Wildman–Crippen MR) is 94.6 cm³/mol. The van der Waals surface area contributed by atoms with E-state index >= 15 is 0 Å². The molecule has 3 rings (SSSR count). The summed E-state index contributed by atoms with van der Waals surface area (Å²) in [5.74, 6) is 0.862. The van der Waals surface area contributed by atoms with Gasteiger partial charge < -0.3 is 19.9 Å². The molecule has 7 heteroatoms. The van der Waals surface area contributed by atoms with Gasteiger partial charge in [-0.3, -0.25) is 9.59 Å². The van der Waals surface area contributed by atoms with Crippen molar-refractivity contribution >= 4 is 11.8 Å². The maximum atomic E-state index is 12.7. The van der Waals surface area contributed by atoms with Gasteiger partial charge in [0.25, 0.3) is 5.91 Å². The minimum absolute atomic E-state index is 0.0595. The summed E-state index contributed by atoms with van der Waals surface area (Å²) in [6.07, 6.45) is 1.23. The smallest absolute Gasteiger partial charge is 0.253 e. The quantitative estimate of drug-likeness (QED) is 0.884. The normalized spacial score (nSPS) is 15.1. The number of rotatable bonds is 5. The highest BCUT2D eigenvalue weighted by atomic mass is 16.5. The number of aromatic nitrogens is 1. The first-order chi connectivity index (χ1) is 12.5. The second kappa shape index (κ2) is 7.59. The molecular weight excluding hydrogens is 334 g/mol. The Bertz CT molecular complexity index is 787. The van der Waals surface area contributed by atoms with Crippen LogP contribution < -0.4 is 10.5 Å². The fourth-order valence-electron chi connectivity index (χ4n) is 3.13. The highest BCUT2D eigenvalue weighted by Crippen LogP contribution is 2.22. The van der Waals surface area contributed by atoms with Crippen molar-refractivity contribution in [3.05, 3.63) is 46.8 Å². The van der Waals surface area contributed by atoms with Crippen molar-refractivity contribution in [2.24, 2.45) is 11.7 Å². The van der Waals surface area contributed by atoms with Crippen molar-refractivity contribution in [2.45, 2.75) is 33.3 Å². The number of aryl methyl sites for hydroxylation is 2. The van der Waals surface area contributed by atoms with Crippen molar-refractivity contribution in [3.63, 3.8) is 0 Å². The van der Waals surface area contributed by atoms with Crippen LogP contribution >= 0.6 is 0 Å². The zero-order chi connectivity index (χ0) is 18.7. The van der Waals surface area contributed by atoms with Crippen LogP contribution in [0.15, 0.2) is 28.8 Å². The van der Waals surface area contributed by atoms with E-state index in [2.05, 4.69) is 5.16 Å². The third-order valence-electron chi connectivity index (χ3n) is 4.83. The molecule has 2 heterocycles. The number of amides is 2. The minimum Gasteiger partial charge on any atom is -0.489 e. The van der Waals surface area contributed by atoms with Crippen LogP contribution in [-0.4, -0.2) is 35.0 Å². The van der Waals surface area contributed by atoms with E-state index in [-0.39, 0.29) is 17.7 Å². The largest absolute Gasteiger partial charge is 0.489 e. The summed E-state index contributed by atoms with van der Waals surface area (Å²) in [5, 5.41) is 3.91. The number of hydrogen-bond acceptors (Lipinski definition) is 5. The van der Waals surface area contributed by atoms with Gasteiger partial charge in [-0.1, -0.05) is 11.2 Å². The first kappa shape index (κ1) is 18.0. The van der Waals surface area contributed by atoms with Gasteiger partial charge in [0.05, 0.1) is 11.3 Å². The van der Waals surface area contributed by atoms with Gasteiger partial charge in [0.15, 0.2) is 0 Å². The van der Waals surface area contributed by atoms with Crippen molar-refractivity contribution in [2.75, 3.05) is 13.1 Å². The van der Waals surface area contributed by atoms with Crippen LogP contribution in [0.1, 0.15) is 40.2 Å². The highest BCUT2D eigenvalue weighted by Gasteiger charge is 2.26. The lowest BCUT2D eigenvalue weighted by molar-refractivity contribution is -0.123. The molecule has 0 saturated carbocycles. The fourth-order valence-corrected chi connectivity index (χ4v) is 3.13. The third kappa shape index (κ3) is 3.87. The van der Waals surface area contributed by atoms with E-state index in [9.17, 15) is 9.59 Å². The number of carbonyl (C=O) groups excluding carboxylic acids is 2. The first-order valence-corrected chi connectivity index (χ1v) is 8.69. The fraction of sp³-hybridized carbons (Fsp3) is 0.421. The Morgan fingerprint density at radius 2 is 2.04 bits per heavy atom. The summed E-state index contributed by atoms with van der Waals surface area (Å²) < 4.78 is 10.9. The predicted octanol–water partition coefficient (Wildman–Crippen LogP) is 2.21. The summed E-state index contributed by atoms with van der Waals surface area (Å²) in [5.41, 5.74) is 7.62. The Hall–Kier alpha value is -2.83. The molecule has 0 spiro atoms. The van der Waals surface area contributed by atoms with Crippen LogP contribution in [0, 0.1) is 19.8 Å². The zero-order valence-electron chi connectivity index (χ0n) is 15.0. The number of primary amides is 1. The molecule has 1 aliphatic rings. The molecule has 1 saturated heterocycles. The van der Waals surface area contributed by atoms with Gasteiger partial charge in [-0.15, -0.1) is 0 Å². The van der Waals surface area contributed by atoms with Crippen LogP contribution in [0.3, 0.4) is 0 Å². The Kier molecular flexibility index (Phi) is 5.25. The number of nitrogens with two attached hydrogens (primary N) is 1. The maximum Gasteiger partial charge on any atom is 0.253 e. The molecular formula is C19H23N3O4. The van der Waals surface area contributed by atoms with Gasteiger partial charge in [-0.2, -0.15) is 0 Å². The second-order valence-corrected chi connectivity index (χ2v) is 6.59. The van der Waals surface area contributed by atoms with Gasteiger partial charge in [0, 0.05) is 24.6 Å². The topological polar surface area (TPSA) is 98.7 Å². The molecule has 0 radical (unpaired) electrons. The zero-order valence-corrected chi connectivity index (χ0v) is 15.0. The molecule has 26 heavy (non-hydrogen) atoms. The maximum absolute atomic E-state index is 12.7. The lowest BCUT2D eigenvalue weighted by Gasteiger charge is -2.30. The number of carbonyl (C=O) groups is 2. The van der Waals surface area contributed by atoms with Crippen molar-refractivity contribution < 1.29 is 18.8 Å². The lowest BCUT2D eigenvalue weighted by atomic mass is 9.96. The van der Waals surface area contributed by atoms with Gasteiger partial charge in [-0.05, 0) is 44.9 Å². The van der Waals surface area contributed by atoms with E-state index in [0.29, 0.717) is 43.9 Å². The number of ether oxygens (including phenoxy) is 1. The highest BCUT2D eigenvalue weighted by molar-refractivity contribution is 5.94. The Morgan fingerprint density at radius 1 is 1.31 bits per heavy atom. The molecule has 1 aliphatic heterocycles. The van der Waals surface area contributed by atoms with Crippen molar-refractivity contribution in [1.82, 2.24) is 10.1 Å². The SMILES string of the molecule is Cc1noc(C)c1COc1cccc(C(=O)N2CCC(C(N)=O)CC2)c1. The number of nitrogens with zero attached hydrogens (tertiary/aromatic N) is 2. The molecule has 1 fully saturated rings. The Morgan fingerprint density at radius 3 is 2.65 bits per heavy atom. The summed E-state index contributed by atoms with van der Waals surface area (Å²) in [7, 11) is 0. The number of likely N-dealkylation sites (tertiary alicyclic amines) is 1. The van der Waals surface area contributed by atoms with E-state index in [1.807, 2.05) is 19.9 Å².